The van der Waals surface area contributed by atoms with E-state index in [0.29, 0.717) is 23.3 Å². The summed E-state index contributed by atoms with van der Waals surface area (Å²) in [6.07, 6.45) is 6.33. The van der Waals surface area contributed by atoms with Gasteiger partial charge >= 0.3 is 0 Å². The lowest BCUT2D eigenvalue weighted by Crippen LogP contribution is -2.25. The van der Waals surface area contributed by atoms with Crippen LogP contribution in [0.2, 0.25) is 5.02 Å². The lowest BCUT2D eigenvalue weighted by atomic mass is 10.0. The highest BCUT2D eigenvalue weighted by atomic mass is 35.5. The van der Waals surface area contributed by atoms with Crippen LogP contribution in [0.5, 0.6) is 0 Å². The van der Waals surface area contributed by atoms with E-state index in [2.05, 4.69) is 25.9 Å². The first-order valence-corrected chi connectivity index (χ1v) is 10.5. The van der Waals surface area contributed by atoms with Gasteiger partial charge in [-0.25, -0.2) is 9.97 Å². The van der Waals surface area contributed by atoms with Gasteiger partial charge in [0.15, 0.2) is 0 Å². The molecule has 2 aromatic rings. The maximum absolute atomic E-state index is 12.4. The van der Waals surface area contributed by atoms with E-state index in [0.717, 1.165) is 62.5 Å². The van der Waals surface area contributed by atoms with Gasteiger partial charge < -0.3 is 20.7 Å². The lowest BCUT2D eigenvalue weighted by Gasteiger charge is -2.22. The molecule has 2 saturated heterocycles. The van der Waals surface area contributed by atoms with Crippen LogP contribution in [0, 0.1) is 11.8 Å². The fraction of sp³-hybridized carbons (Fsp3) is 0.476. The monoisotopic (exact) mass is 415 g/mol. The number of pyridine rings is 2. The van der Waals surface area contributed by atoms with E-state index in [1.807, 2.05) is 18.2 Å². The van der Waals surface area contributed by atoms with Crippen molar-refractivity contribution in [1.82, 2.24) is 15.3 Å². The number of nitrogens with zero attached hydrogens (tertiary/aromatic N) is 2. The van der Waals surface area contributed by atoms with Crippen LogP contribution >= 0.6 is 11.6 Å². The molecule has 0 aliphatic carbocycles. The molecule has 4 rings (SSSR count). The van der Waals surface area contributed by atoms with E-state index in [4.69, 9.17) is 16.3 Å². The molecule has 2 aromatic heterocycles. The Morgan fingerprint density at radius 1 is 1.21 bits per heavy atom. The molecule has 2 aliphatic heterocycles. The number of carbonyl (C=O) groups excluding carboxylic acids is 1. The van der Waals surface area contributed by atoms with Crippen LogP contribution in [0.3, 0.4) is 0 Å². The first kappa shape index (κ1) is 20.1. The van der Waals surface area contributed by atoms with Crippen molar-refractivity contribution < 1.29 is 9.53 Å². The maximum Gasteiger partial charge on any atom is 0.229 e. The standard InChI is InChI=1S/C21H26ClN5O2/c22-18-13-26-20(27-21(28)16-1-5-23-12-16)10-17(18)15-2-6-24-19(9-15)25-11-14-3-7-29-8-4-14/h2,6,9-10,13-14,16,23H,1,3-5,7-8,11-12H2,(H,24,25)(H,26,27,28). The van der Waals surface area contributed by atoms with E-state index in [-0.39, 0.29) is 11.8 Å². The minimum Gasteiger partial charge on any atom is -0.381 e. The van der Waals surface area contributed by atoms with Crippen LogP contribution in [-0.2, 0) is 9.53 Å². The van der Waals surface area contributed by atoms with Crippen molar-refractivity contribution in [1.29, 1.82) is 0 Å². The summed E-state index contributed by atoms with van der Waals surface area (Å²) in [6.45, 7) is 4.12. The molecule has 3 N–H and O–H groups in total. The Morgan fingerprint density at radius 3 is 2.86 bits per heavy atom. The van der Waals surface area contributed by atoms with Crippen LogP contribution in [0.15, 0.2) is 30.6 Å². The number of ether oxygens (including phenoxy) is 1. The Kier molecular flexibility index (Phi) is 6.59. The quantitative estimate of drug-likeness (QED) is 0.671. The zero-order valence-corrected chi connectivity index (χ0v) is 17.0. The van der Waals surface area contributed by atoms with Gasteiger partial charge in [0.2, 0.25) is 5.91 Å². The number of aromatic nitrogens is 2. The second-order valence-corrected chi connectivity index (χ2v) is 8.00. The molecular weight excluding hydrogens is 390 g/mol. The van der Waals surface area contributed by atoms with Crippen molar-refractivity contribution in [2.45, 2.75) is 19.3 Å². The van der Waals surface area contributed by atoms with Crippen molar-refractivity contribution in [3.8, 4) is 11.1 Å². The van der Waals surface area contributed by atoms with Gasteiger partial charge in [0.05, 0.1) is 10.9 Å². The molecule has 0 aromatic carbocycles. The molecule has 7 nitrogen and oxygen atoms in total. The van der Waals surface area contributed by atoms with E-state index < -0.39 is 0 Å². The highest BCUT2D eigenvalue weighted by molar-refractivity contribution is 6.33. The summed E-state index contributed by atoms with van der Waals surface area (Å²) in [7, 11) is 0. The lowest BCUT2D eigenvalue weighted by molar-refractivity contribution is -0.119. The van der Waals surface area contributed by atoms with Crippen molar-refractivity contribution in [2.24, 2.45) is 11.8 Å². The van der Waals surface area contributed by atoms with Crippen molar-refractivity contribution in [3.05, 3.63) is 35.6 Å². The minimum atomic E-state index is -0.0159. The van der Waals surface area contributed by atoms with E-state index in [1.165, 1.54) is 0 Å². The number of carbonyl (C=O) groups is 1. The third-order valence-electron chi connectivity index (χ3n) is 5.52. The first-order chi connectivity index (χ1) is 14.2. The van der Waals surface area contributed by atoms with Gasteiger partial charge in [-0.2, -0.15) is 0 Å². The maximum atomic E-state index is 12.4. The highest BCUT2D eigenvalue weighted by Crippen LogP contribution is 2.30. The van der Waals surface area contributed by atoms with Gasteiger partial charge in [0.25, 0.3) is 0 Å². The molecule has 1 amide bonds. The van der Waals surface area contributed by atoms with Gasteiger partial charge in [-0.3, -0.25) is 4.79 Å². The van der Waals surface area contributed by atoms with E-state index in [1.54, 1.807) is 12.4 Å². The van der Waals surface area contributed by atoms with Gasteiger partial charge in [-0.15, -0.1) is 0 Å². The molecule has 0 saturated carbocycles. The molecule has 2 fully saturated rings. The SMILES string of the molecule is O=C(Nc1cc(-c2ccnc(NCC3CCOCC3)c2)c(Cl)cn1)C1CCNC1. The molecule has 0 radical (unpaired) electrons. The second-order valence-electron chi connectivity index (χ2n) is 7.59. The number of hydrogen-bond acceptors (Lipinski definition) is 6. The molecule has 4 heterocycles. The van der Waals surface area contributed by atoms with Crippen LogP contribution < -0.4 is 16.0 Å². The summed E-state index contributed by atoms with van der Waals surface area (Å²) in [5.74, 6) is 1.90. The summed E-state index contributed by atoms with van der Waals surface area (Å²) in [5.41, 5.74) is 1.75. The fourth-order valence-electron chi connectivity index (χ4n) is 3.73. The molecule has 1 unspecified atom stereocenters. The summed E-state index contributed by atoms with van der Waals surface area (Å²) < 4.78 is 5.42. The number of amides is 1. The number of hydrogen-bond donors (Lipinski definition) is 3. The predicted octanol–water partition coefficient (Wildman–Crippen LogP) is 3.18. The average molecular weight is 416 g/mol. The van der Waals surface area contributed by atoms with Crippen LogP contribution in [0.25, 0.3) is 11.1 Å². The molecule has 2 aliphatic rings. The predicted molar refractivity (Wildman–Crippen MR) is 114 cm³/mol. The Morgan fingerprint density at radius 2 is 2.07 bits per heavy atom. The third kappa shape index (κ3) is 5.23. The smallest absolute Gasteiger partial charge is 0.229 e. The van der Waals surface area contributed by atoms with E-state index >= 15 is 0 Å². The van der Waals surface area contributed by atoms with Crippen LogP contribution in [0.1, 0.15) is 19.3 Å². The van der Waals surface area contributed by atoms with Crippen LogP contribution in [-0.4, -0.2) is 48.7 Å². The summed E-state index contributed by atoms with van der Waals surface area (Å²) in [6, 6.07) is 5.71. The zero-order valence-electron chi connectivity index (χ0n) is 16.3. The zero-order chi connectivity index (χ0) is 20.1. The van der Waals surface area contributed by atoms with Gasteiger partial charge in [0.1, 0.15) is 11.6 Å². The highest BCUT2D eigenvalue weighted by Gasteiger charge is 2.23. The number of halogens is 1. The average Bonchev–Trinajstić information content (AvgIpc) is 3.30. The normalized spacial score (nSPS) is 19.8. The largest absolute Gasteiger partial charge is 0.381 e. The summed E-state index contributed by atoms with van der Waals surface area (Å²) >= 11 is 6.41. The molecular formula is C21H26ClN5O2. The number of anilines is 2. The Bertz CT molecular complexity index is 851. The second kappa shape index (κ2) is 9.52. The fourth-order valence-corrected chi connectivity index (χ4v) is 3.94. The Hall–Kier alpha value is -2.22. The van der Waals surface area contributed by atoms with Crippen LogP contribution in [0.4, 0.5) is 11.6 Å². The minimum absolute atomic E-state index is 0.00989. The molecule has 0 bridgehead atoms. The molecule has 154 valence electrons. The van der Waals surface area contributed by atoms with Crippen molar-refractivity contribution in [2.75, 3.05) is 43.5 Å². The van der Waals surface area contributed by atoms with Gasteiger partial charge in [0, 0.05) is 44.3 Å². The number of nitrogens with one attached hydrogen (secondary N) is 3. The summed E-state index contributed by atoms with van der Waals surface area (Å²) in [5, 5.41) is 10.1. The number of rotatable bonds is 6. The van der Waals surface area contributed by atoms with Crippen molar-refractivity contribution in [3.63, 3.8) is 0 Å². The topological polar surface area (TPSA) is 88.2 Å². The molecule has 29 heavy (non-hydrogen) atoms. The molecule has 8 heteroatoms. The summed E-state index contributed by atoms with van der Waals surface area (Å²) in [4.78, 5) is 21.1. The Balaban J connectivity index is 1.46. The Labute approximate surface area is 175 Å². The van der Waals surface area contributed by atoms with Gasteiger partial charge in [-0.05, 0) is 55.5 Å². The molecule has 0 spiro atoms. The van der Waals surface area contributed by atoms with Crippen molar-refractivity contribution >= 4 is 29.1 Å². The molecule has 1 atom stereocenters. The third-order valence-corrected chi connectivity index (χ3v) is 5.82. The van der Waals surface area contributed by atoms with E-state index in [9.17, 15) is 4.79 Å². The first-order valence-electron chi connectivity index (χ1n) is 10.1. The van der Waals surface area contributed by atoms with Gasteiger partial charge in [-0.1, -0.05) is 11.6 Å².